The molecule has 0 atom stereocenters. The highest BCUT2D eigenvalue weighted by molar-refractivity contribution is 8.03. The molecule has 1 N–H and O–H groups in total. The van der Waals surface area contributed by atoms with Crippen LogP contribution in [-0.2, 0) is 10.5 Å². The van der Waals surface area contributed by atoms with Crippen LogP contribution in [0.2, 0.25) is 0 Å². The molecule has 1 aromatic heterocycles. The van der Waals surface area contributed by atoms with Crippen molar-refractivity contribution in [2.45, 2.75) is 26.5 Å². The summed E-state index contributed by atoms with van der Waals surface area (Å²) in [5, 5.41) is 2.88. The average Bonchev–Trinajstić information content (AvgIpc) is 2.81. The average molecular weight is 343 g/mol. The van der Waals surface area contributed by atoms with Crippen molar-refractivity contribution in [3.63, 3.8) is 0 Å². The maximum Gasteiger partial charge on any atom is 0.262 e. The summed E-state index contributed by atoms with van der Waals surface area (Å²) in [7, 11) is 0. The van der Waals surface area contributed by atoms with Gasteiger partial charge in [0.1, 0.15) is 0 Å². The van der Waals surface area contributed by atoms with Crippen molar-refractivity contribution in [3.05, 3.63) is 55.6 Å². The van der Waals surface area contributed by atoms with Crippen molar-refractivity contribution in [2.24, 2.45) is 0 Å². The molecule has 0 radical (unpaired) electrons. The number of benzene rings is 1. The van der Waals surface area contributed by atoms with Crippen LogP contribution in [0.5, 0.6) is 0 Å². The fourth-order valence-electron chi connectivity index (χ4n) is 2.45. The summed E-state index contributed by atoms with van der Waals surface area (Å²) in [6.07, 6.45) is 1.97. The van der Waals surface area contributed by atoms with Gasteiger partial charge in [0.2, 0.25) is 0 Å². The predicted molar refractivity (Wildman–Crippen MR) is 98.1 cm³/mol. The Morgan fingerprint density at radius 2 is 2.00 bits per heavy atom. The van der Waals surface area contributed by atoms with Gasteiger partial charge in [0.05, 0.1) is 4.91 Å². The number of anilines is 1. The zero-order valence-electron chi connectivity index (χ0n) is 13.2. The van der Waals surface area contributed by atoms with E-state index in [4.69, 9.17) is 0 Å². The summed E-state index contributed by atoms with van der Waals surface area (Å²) in [6.45, 7) is 5.77. The third kappa shape index (κ3) is 3.26. The standard InChI is InChI=1S/C18H17NO2S2/c1-10-12(3)23-16-8-17(22-9-15(10)16)18(21)19-14-6-4-5-13(7-14)11(2)20/h4-8H,9H2,1-3H3,(H,19,21). The van der Waals surface area contributed by atoms with E-state index in [-0.39, 0.29) is 11.7 Å². The second-order valence-corrected chi connectivity index (χ2v) is 7.79. The van der Waals surface area contributed by atoms with Crippen molar-refractivity contribution >= 4 is 46.6 Å². The van der Waals surface area contributed by atoms with E-state index < -0.39 is 0 Å². The maximum atomic E-state index is 12.5. The van der Waals surface area contributed by atoms with Crippen molar-refractivity contribution in [1.29, 1.82) is 0 Å². The molecule has 0 spiro atoms. The maximum absolute atomic E-state index is 12.5. The number of ketones is 1. The van der Waals surface area contributed by atoms with E-state index in [1.54, 1.807) is 47.4 Å². The molecule has 1 amide bonds. The lowest BCUT2D eigenvalue weighted by atomic mass is 10.1. The summed E-state index contributed by atoms with van der Waals surface area (Å²) in [4.78, 5) is 27.1. The first-order chi connectivity index (χ1) is 11.0. The molecule has 118 valence electrons. The molecule has 0 saturated carbocycles. The monoisotopic (exact) mass is 343 g/mol. The van der Waals surface area contributed by atoms with E-state index in [2.05, 4.69) is 19.2 Å². The summed E-state index contributed by atoms with van der Waals surface area (Å²) < 4.78 is 0. The van der Waals surface area contributed by atoms with Gasteiger partial charge in [0.15, 0.2) is 5.78 Å². The van der Waals surface area contributed by atoms with Gasteiger partial charge in [-0.1, -0.05) is 12.1 Å². The van der Waals surface area contributed by atoms with E-state index in [1.807, 2.05) is 6.08 Å². The highest BCUT2D eigenvalue weighted by Crippen LogP contribution is 2.39. The first-order valence-corrected chi connectivity index (χ1v) is 9.11. The lowest BCUT2D eigenvalue weighted by Gasteiger charge is -2.14. The molecular formula is C18H17NO2S2. The van der Waals surface area contributed by atoms with Crippen LogP contribution in [0.4, 0.5) is 5.69 Å². The molecule has 2 aromatic rings. The SMILES string of the molecule is CC(=O)c1cccc(NC(=O)C2=Cc3sc(C)c(C)c3CS2)c1. The molecule has 1 aliphatic heterocycles. The van der Waals surface area contributed by atoms with Gasteiger partial charge in [-0.2, -0.15) is 0 Å². The number of rotatable bonds is 3. The lowest BCUT2D eigenvalue weighted by Crippen LogP contribution is -2.14. The zero-order valence-corrected chi connectivity index (χ0v) is 14.9. The lowest BCUT2D eigenvalue weighted by molar-refractivity contribution is -0.112. The molecule has 0 aliphatic carbocycles. The highest BCUT2D eigenvalue weighted by atomic mass is 32.2. The van der Waals surface area contributed by atoms with Crippen molar-refractivity contribution < 1.29 is 9.59 Å². The Labute approximate surface area is 143 Å². The normalized spacial score (nSPS) is 13.3. The van der Waals surface area contributed by atoms with E-state index in [1.165, 1.54) is 27.8 Å². The fraction of sp³-hybridized carbons (Fsp3) is 0.222. The molecule has 1 aliphatic rings. The Morgan fingerprint density at radius 1 is 1.22 bits per heavy atom. The summed E-state index contributed by atoms with van der Waals surface area (Å²) >= 11 is 3.30. The molecule has 0 saturated heterocycles. The van der Waals surface area contributed by atoms with Crippen LogP contribution >= 0.6 is 23.1 Å². The number of hydrogen-bond donors (Lipinski definition) is 1. The number of thiophene rings is 1. The minimum absolute atomic E-state index is 0.0125. The molecule has 1 aromatic carbocycles. The van der Waals surface area contributed by atoms with E-state index >= 15 is 0 Å². The van der Waals surface area contributed by atoms with Crippen molar-refractivity contribution in [3.8, 4) is 0 Å². The Kier molecular flexibility index (Phi) is 4.41. The minimum Gasteiger partial charge on any atom is -0.322 e. The van der Waals surface area contributed by atoms with Crippen LogP contribution in [0.3, 0.4) is 0 Å². The second kappa shape index (κ2) is 6.34. The summed E-state index contributed by atoms with van der Waals surface area (Å²) in [5.74, 6) is 0.699. The molecule has 0 unspecified atom stereocenters. The van der Waals surface area contributed by atoms with Gasteiger partial charge >= 0.3 is 0 Å². The highest BCUT2D eigenvalue weighted by Gasteiger charge is 2.21. The number of Topliss-reactive ketones (excluding diaryl/α,β-unsaturated/α-hetero) is 1. The number of carbonyl (C=O) groups excluding carboxylic acids is 2. The Hall–Kier alpha value is -1.85. The molecular weight excluding hydrogens is 326 g/mol. The molecule has 0 fully saturated rings. The van der Waals surface area contributed by atoms with Crippen LogP contribution in [-0.4, -0.2) is 11.7 Å². The molecule has 0 bridgehead atoms. The van der Waals surface area contributed by atoms with Gasteiger partial charge < -0.3 is 5.32 Å². The third-order valence-corrected chi connectivity index (χ3v) is 6.17. The van der Waals surface area contributed by atoms with Crippen LogP contribution in [0.15, 0.2) is 29.2 Å². The molecule has 3 rings (SSSR count). The van der Waals surface area contributed by atoms with Gasteiger partial charge in [0.25, 0.3) is 5.91 Å². The molecule has 5 heteroatoms. The molecule has 3 nitrogen and oxygen atoms in total. The van der Waals surface area contributed by atoms with Gasteiger partial charge in [-0.05, 0) is 50.1 Å². The number of hydrogen-bond acceptors (Lipinski definition) is 4. The molecule has 2 heterocycles. The Bertz CT molecular complexity index is 834. The van der Waals surface area contributed by atoms with E-state index in [0.29, 0.717) is 16.2 Å². The van der Waals surface area contributed by atoms with Crippen LogP contribution < -0.4 is 5.32 Å². The topological polar surface area (TPSA) is 46.2 Å². The van der Waals surface area contributed by atoms with Crippen LogP contribution in [0.1, 0.15) is 38.2 Å². The van der Waals surface area contributed by atoms with Gasteiger partial charge in [-0.3, -0.25) is 9.59 Å². The first-order valence-electron chi connectivity index (χ1n) is 7.31. The third-order valence-electron chi connectivity index (χ3n) is 3.93. The van der Waals surface area contributed by atoms with Crippen molar-refractivity contribution in [2.75, 3.05) is 5.32 Å². The fourth-order valence-corrected chi connectivity index (χ4v) is 4.80. The Balaban J connectivity index is 1.82. The number of nitrogens with one attached hydrogen (secondary N) is 1. The zero-order chi connectivity index (χ0) is 16.6. The van der Waals surface area contributed by atoms with Gasteiger partial charge in [-0.15, -0.1) is 23.1 Å². The largest absolute Gasteiger partial charge is 0.322 e. The Morgan fingerprint density at radius 3 is 2.74 bits per heavy atom. The van der Waals surface area contributed by atoms with Crippen LogP contribution in [0.25, 0.3) is 6.08 Å². The van der Waals surface area contributed by atoms with Crippen LogP contribution in [0, 0.1) is 13.8 Å². The van der Waals surface area contributed by atoms with Gasteiger partial charge in [-0.25, -0.2) is 0 Å². The second-order valence-electron chi connectivity index (χ2n) is 5.51. The molecule has 23 heavy (non-hydrogen) atoms. The minimum atomic E-state index is -0.120. The summed E-state index contributed by atoms with van der Waals surface area (Å²) in [5.41, 5.74) is 3.92. The number of thioether (sulfide) groups is 1. The number of aryl methyl sites for hydroxylation is 1. The van der Waals surface area contributed by atoms with Crippen molar-refractivity contribution in [1.82, 2.24) is 0 Å². The van der Waals surface area contributed by atoms with E-state index in [0.717, 1.165) is 5.75 Å². The predicted octanol–water partition coefficient (Wildman–Crippen LogP) is 4.79. The van der Waals surface area contributed by atoms with E-state index in [9.17, 15) is 9.59 Å². The quantitative estimate of drug-likeness (QED) is 0.815. The number of amides is 1. The number of carbonyl (C=O) groups is 2. The smallest absolute Gasteiger partial charge is 0.262 e. The number of fused-ring (bicyclic) bond motifs is 1. The van der Waals surface area contributed by atoms with Gasteiger partial charge in [0, 0.05) is 26.8 Å². The first kappa shape index (κ1) is 16.0. The summed E-state index contributed by atoms with van der Waals surface area (Å²) in [6, 6.07) is 7.03.